The zero-order valence-electron chi connectivity index (χ0n) is 12.6. The SMILES string of the molecule is CCc1ccccc1C(O)c1ccc(C(C)CC)cc1. The van der Waals surface area contributed by atoms with Crippen molar-refractivity contribution in [2.45, 2.75) is 45.6 Å². The average Bonchev–Trinajstić information content (AvgIpc) is 2.53. The van der Waals surface area contributed by atoms with Crippen molar-refractivity contribution in [2.24, 2.45) is 0 Å². The molecule has 0 saturated carbocycles. The third-order valence-corrected chi connectivity index (χ3v) is 4.16. The van der Waals surface area contributed by atoms with Crippen LogP contribution in [0.5, 0.6) is 0 Å². The molecule has 2 atom stereocenters. The van der Waals surface area contributed by atoms with Gasteiger partial charge in [0.1, 0.15) is 6.10 Å². The van der Waals surface area contributed by atoms with Crippen LogP contribution in [0.15, 0.2) is 48.5 Å². The molecule has 0 amide bonds. The van der Waals surface area contributed by atoms with E-state index < -0.39 is 6.10 Å². The summed E-state index contributed by atoms with van der Waals surface area (Å²) in [6.07, 6.45) is 1.55. The van der Waals surface area contributed by atoms with Crippen molar-refractivity contribution in [1.82, 2.24) is 0 Å². The van der Waals surface area contributed by atoms with Gasteiger partial charge in [0.25, 0.3) is 0 Å². The van der Waals surface area contributed by atoms with Crippen LogP contribution in [0.25, 0.3) is 0 Å². The van der Waals surface area contributed by atoms with E-state index in [1.165, 1.54) is 11.1 Å². The number of aryl methyl sites for hydroxylation is 1. The summed E-state index contributed by atoms with van der Waals surface area (Å²) in [5.41, 5.74) is 4.54. The monoisotopic (exact) mass is 268 g/mol. The molecule has 0 aliphatic carbocycles. The summed E-state index contributed by atoms with van der Waals surface area (Å²) in [4.78, 5) is 0. The van der Waals surface area contributed by atoms with Crippen molar-refractivity contribution in [3.63, 3.8) is 0 Å². The number of benzene rings is 2. The Labute approximate surface area is 122 Å². The van der Waals surface area contributed by atoms with Crippen LogP contribution in [0.3, 0.4) is 0 Å². The van der Waals surface area contributed by atoms with Gasteiger partial charge in [-0.05, 0) is 41.0 Å². The van der Waals surface area contributed by atoms with Gasteiger partial charge in [0.05, 0.1) is 0 Å². The second kappa shape index (κ2) is 6.71. The summed E-state index contributed by atoms with van der Waals surface area (Å²) in [7, 11) is 0. The largest absolute Gasteiger partial charge is 0.384 e. The third kappa shape index (κ3) is 3.10. The van der Waals surface area contributed by atoms with E-state index in [1.54, 1.807) is 0 Å². The van der Waals surface area contributed by atoms with E-state index in [9.17, 15) is 5.11 Å². The smallest absolute Gasteiger partial charge is 0.104 e. The Balaban J connectivity index is 2.27. The summed E-state index contributed by atoms with van der Waals surface area (Å²) in [6, 6.07) is 16.5. The number of aliphatic hydroxyl groups is 1. The summed E-state index contributed by atoms with van der Waals surface area (Å²) in [6.45, 7) is 6.56. The first-order valence-electron chi connectivity index (χ1n) is 7.53. The molecule has 0 spiro atoms. The first kappa shape index (κ1) is 14.8. The van der Waals surface area contributed by atoms with Crippen LogP contribution < -0.4 is 0 Å². The van der Waals surface area contributed by atoms with Gasteiger partial charge in [0.15, 0.2) is 0 Å². The maximum atomic E-state index is 10.6. The highest BCUT2D eigenvalue weighted by molar-refractivity contribution is 5.37. The molecule has 0 bridgehead atoms. The van der Waals surface area contributed by atoms with Gasteiger partial charge >= 0.3 is 0 Å². The van der Waals surface area contributed by atoms with E-state index in [4.69, 9.17) is 0 Å². The lowest BCUT2D eigenvalue weighted by Gasteiger charge is -2.16. The predicted octanol–water partition coefficient (Wildman–Crippen LogP) is 4.84. The molecule has 0 heterocycles. The molecule has 2 aromatic carbocycles. The maximum absolute atomic E-state index is 10.6. The molecule has 2 rings (SSSR count). The fourth-order valence-electron chi connectivity index (χ4n) is 2.55. The van der Waals surface area contributed by atoms with Gasteiger partial charge in [0.2, 0.25) is 0 Å². The van der Waals surface area contributed by atoms with E-state index in [-0.39, 0.29) is 0 Å². The molecular weight excluding hydrogens is 244 g/mol. The van der Waals surface area contributed by atoms with Gasteiger partial charge in [-0.25, -0.2) is 0 Å². The van der Waals surface area contributed by atoms with E-state index in [0.717, 1.165) is 24.0 Å². The van der Waals surface area contributed by atoms with Crippen LogP contribution in [0.4, 0.5) is 0 Å². The maximum Gasteiger partial charge on any atom is 0.104 e. The third-order valence-electron chi connectivity index (χ3n) is 4.16. The van der Waals surface area contributed by atoms with Crippen molar-refractivity contribution in [3.8, 4) is 0 Å². The van der Waals surface area contributed by atoms with Crippen molar-refractivity contribution < 1.29 is 5.11 Å². The molecule has 1 heteroatoms. The summed E-state index contributed by atoms with van der Waals surface area (Å²) in [5, 5.41) is 10.6. The number of aliphatic hydroxyl groups excluding tert-OH is 1. The van der Waals surface area contributed by atoms with Gasteiger partial charge < -0.3 is 5.11 Å². The Hall–Kier alpha value is -1.60. The fourth-order valence-corrected chi connectivity index (χ4v) is 2.55. The Morgan fingerprint density at radius 2 is 1.50 bits per heavy atom. The van der Waals surface area contributed by atoms with Gasteiger partial charge in [-0.3, -0.25) is 0 Å². The van der Waals surface area contributed by atoms with Gasteiger partial charge in [-0.2, -0.15) is 0 Å². The molecule has 2 aromatic rings. The van der Waals surface area contributed by atoms with Crippen LogP contribution in [-0.4, -0.2) is 5.11 Å². The molecular formula is C19H24O. The molecule has 0 aromatic heterocycles. The van der Waals surface area contributed by atoms with Gasteiger partial charge in [-0.1, -0.05) is 69.3 Å². The molecule has 1 nitrogen and oxygen atoms in total. The highest BCUT2D eigenvalue weighted by atomic mass is 16.3. The van der Waals surface area contributed by atoms with E-state index in [2.05, 4.69) is 51.1 Å². The second-order valence-corrected chi connectivity index (χ2v) is 5.43. The van der Waals surface area contributed by atoms with Crippen LogP contribution in [-0.2, 0) is 6.42 Å². The summed E-state index contributed by atoms with van der Waals surface area (Å²) in [5.74, 6) is 0.573. The van der Waals surface area contributed by atoms with Crippen molar-refractivity contribution in [2.75, 3.05) is 0 Å². The fraction of sp³-hybridized carbons (Fsp3) is 0.368. The van der Waals surface area contributed by atoms with Crippen molar-refractivity contribution >= 4 is 0 Å². The van der Waals surface area contributed by atoms with Crippen molar-refractivity contribution in [3.05, 3.63) is 70.8 Å². The molecule has 0 fully saturated rings. The Morgan fingerprint density at radius 1 is 0.900 bits per heavy atom. The number of hydrogen-bond donors (Lipinski definition) is 1. The quantitative estimate of drug-likeness (QED) is 0.822. The minimum atomic E-state index is -0.530. The highest BCUT2D eigenvalue weighted by Crippen LogP contribution is 2.27. The van der Waals surface area contributed by atoms with E-state index >= 15 is 0 Å². The molecule has 20 heavy (non-hydrogen) atoms. The van der Waals surface area contributed by atoms with E-state index in [1.807, 2.05) is 18.2 Å². The van der Waals surface area contributed by atoms with Crippen LogP contribution >= 0.6 is 0 Å². The molecule has 0 radical (unpaired) electrons. The average molecular weight is 268 g/mol. The molecule has 1 N–H and O–H groups in total. The number of rotatable bonds is 5. The minimum absolute atomic E-state index is 0.530. The molecule has 106 valence electrons. The Morgan fingerprint density at radius 3 is 2.10 bits per heavy atom. The second-order valence-electron chi connectivity index (χ2n) is 5.43. The van der Waals surface area contributed by atoms with Crippen LogP contribution in [0, 0.1) is 0 Å². The Kier molecular flexibility index (Phi) is 4.97. The van der Waals surface area contributed by atoms with Gasteiger partial charge in [0, 0.05) is 0 Å². The lowest BCUT2D eigenvalue weighted by Crippen LogP contribution is -2.03. The first-order chi connectivity index (χ1) is 9.67. The number of hydrogen-bond acceptors (Lipinski definition) is 1. The van der Waals surface area contributed by atoms with Crippen LogP contribution in [0.2, 0.25) is 0 Å². The molecule has 2 unspecified atom stereocenters. The molecule has 0 saturated heterocycles. The topological polar surface area (TPSA) is 20.2 Å². The lowest BCUT2D eigenvalue weighted by molar-refractivity contribution is 0.219. The highest BCUT2D eigenvalue weighted by Gasteiger charge is 2.13. The zero-order valence-corrected chi connectivity index (χ0v) is 12.6. The Bertz CT molecular complexity index is 542. The molecule has 0 aliphatic heterocycles. The standard InChI is InChI=1S/C19H24O/c1-4-14(3)16-10-12-17(13-11-16)19(20)18-9-7-6-8-15(18)5-2/h6-14,19-20H,4-5H2,1-3H3. The summed E-state index contributed by atoms with van der Waals surface area (Å²) >= 11 is 0. The van der Waals surface area contributed by atoms with E-state index in [0.29, 0.717) is 5.92 Å². The van der Waals surface area contributed by atoms with Crippen LogP contribution in [0.1, 0.15) is 61.5 Å². The normalized spacial score (nSPS) is 14.0. The first-order valence-corrected chi connectivity index (χ1v) is 7.53. The summed E-state index contributed by atoms with van der Waals surface area (Å²) < 4.78 is 0. The zero-order chi connectivity index (χ0) is 14.5. The van der Waals surface area contributed by atoms with Gasteiger partial charge in [-0.15, -0.1) is 0 Å². The lowest BCUT2D eigenvalue weighted by atomic mass is 9.93. The predicted molar refractivity (Wildman–Crippen MR) is 85.0 cm³/mol. The minimum Gasteiger partial charge on any atom is -0.384 e. The molecule has 0 aliphatic rings. The van der Waals surface area contributed by atoms with Crippen molar-refractivity contribution in [1.29, 1.82) is 0 Å².